The molecule has 0 saturated heterocycles. The molecule has 0 fully saturated rings. The van der Waals surface area contributed by atoms with Crippen molar-refractivity contribution in [1.29, 1.82) is 0 Å². The Hall–Kier alpha value is -0.810. The van der Waals surface area contributed by atoms with E-state index in [1.54, 1.807) is 0 Å². The van der Waals surface area contributed by atoms with E-state index >= 15 is 0 Å². The Morgan fingerprint density at radius 3 is 1.80 bits per heavy atom. The van der Waals surface area contributed by atoms with Gasteiger partial charge in [-0.15, -0.1) is 0 Å². The maximum Gasteiger partial charge on any atom is 0.503 e. The second-order valence-corrected chi connectivity index (χ2v) is 1.74. The highest BCUT2D eigenvalue weighted by Crippen LogP contribution is 1.82. The number of hydrogen-bond acceptors (Lipinski definition) is 3. The number of carboxylic acid groups (broad SMARTS) is 2. The van der Waals surface area contributed by atoms with Crippen LogP contribution in [-0.2, 0) is 0 Å². The summed E-state index contributed by atoms with van der Waals surface area (Å²) in [5, 5.41) is 13.9. The van der Waals surface area contributed by atoms with Crippen LogP contribution >= 0.6 is 0 Å². The van der Waals surface area contributed by atoms with Gasteiger partial charge in [-0.2, -0.15) is 0 Å². The smallest absolute Gasteiger partial charge is 0.450 e. The molecule has 0 rings (SSSR count). The Kier molecular flexibility index (Phi) is 9.77. The SMILES string of the molecule is CCCC(N)N.O=C(O)O. The summed E-state index contributed by atoms with van der Waals surface area (Å²) >= 11 is 0. The van der Waals surface area contributed by atoms with Crippen LogP contribution in [0.15, 0.2) is 0 Å². The molecule has 0 amide bonds. The fraction of sp³-hybridized carbons (Fsp3) is 0.800. The molecule has 0 radical (unpaired) electrons. The molecule has 0 bridgehead atoms. The zero-order chi connectivity index (χ0) is 8.57. The summed E-state index contributed by atoms with van der Waals surface area (Å²) in [4.78, 5) is 8.56. The van der Waals surface area contributed by atoms with E-state index in [0.29, 0.717) is 0 Å². The Labute approximate surface area is 59.6 Å². The van der Waals surface area contributed by atoms with Gasteiger partial charge in [0.25, 0.3) is 0 Å². The fourth-order valence-corrected chi connectivity index (χ4v) is 0.333. The van der Waals surface area contributed by atoms with Gasteiger partial charge in [0.2, 0.25) is 0 Å². The van der Waals surface area contributed by atoms with Crippen LogP contribution < -0.4 is 11.5 Å². The number of carbonyl (C=O) groups is 1. The average molecular weight is 150 g/mol. The van der Waals surface area contributed by atoms with E-state index in [2.05, 4.69) is 6.92 Å². The normalized spacial score (nSPS) is 8.40. The van der Waals surface area contributed by atoms with E-state index in [4.69, 9.17) is 26.5 Å². The van der Waals surface area contributed by atoms with Crippen molar-refractivity contribution in [2.24, 2.45) is 11.5 Å². The minimum absolute atomic E-state index is 0.102. The quantitative estimate of drug-likeness (QED) is 0.422. The van der Waals surface area contributed by atoms with Crippen LogP contribution in [0.1, 0.15) is 19.8 Å². The summed E-state index contributed by atoms with van der Waals surface area (Å²) in [7, 11) is 0. The van der Waals surface area contributed by atoms with Gasteiger partial charge < -0.3 is 21.7 Å². The summed E-state index contributed by atoms with van der Waals surface area (Å²) in [6.45, 7) is 2.06. The summed E-state index contributed by atoms with van der Waals surface area (Å²) in [5.41, 5.74) is 10.4. The summed E-state index contributed by atoms with van der Waals surface area (Å²) in [6.07, 6.45) is 0.0764. The van der Waals surface area contributed by atoms with Gasteiger partial charge in [-0.25, -0.2) is 4.79 Å². The molecular weight excluding hydrogens is 136 g/mol. The molecule has 6 N–H and O–H groups in total. The summed E-state index contributed by atoms with van der Waals surface area (Å²) in [5.74, 6) is 0. The van der Waals surface area contributed by atoms with E-state index in [-0.39, 0.29) is 6.17 Å². The lowest BCUT2D eigenvalue weighted by atomic mass is 10.3. The molecule has 0 aliphatic carbocycles. The molecule has 0 aliphatic heterocycles. The van der Waals surface area contributed by atoms with Crippen LogP contribution in [0.2, 0.25) is 0 Å². The highest BCUT2D eigenvalue weighted by Gasteiger charge is 1.85. The van der Waals surface area contributed by atoms with Crippen LogP contribution in [0.25, 0.3) is 0 Å². The van der Waals surface area contributed by atoms with Gasteiger partial charge in [-0.3, -0.25) is 0 Å². The van der Waals surface area contributed by atoms with Gasteiger partial charge in [-0.1, -0.05) is 13.3 Å². The molecule has 5 nitrogen and oxygen atoms in total. The molecule has 0 saturated carbocycles. The average Bonchev–Trinajstić information content (AvgIpc) is 1.62. The Balaban J connectivity index is 0. The van der Waals surface area contributed by atoms with Crippen LogP contribution in [0.3, 0.4) is 0 Å². The summed E-state index contributed by atoms with van der Waals surface area (Å²) < 4.78 is 0. The standard InChI is InChI=1S/C4H12N2.CH2O3/c1-2-3-4(5)6;2-1(3)4/h4H,2-3,5-6H2,1H3;(H2,2,3,4). The minimum atomic E-state index is -1.83. The third-order valence-corrected chi connectivity index (χ3v) is 0.622. The van der Waals surface area contributed by atoms with Crippen molar-refractivity contribution in [3.05, 3.63) is 0 Å². The van der Waals surface area contributed by atoms with Crippen molar-refractivity contribution < 1.29 is 15.0 Å². The van der Waals surface area contributed by atoms with Crippen LogP contribution in [0.4, 0.5) is 4.79 Å². The van der Waals surface area contributed by atoms with Gasteiger partial charge in [0.15, 0.2) is 0 Å². The first-order valence-corrected chi connectivity index (χ1v) is 2.93. The molecule has 0 aromatic heterocycles. The molecule has 0 aromatic rings. The lowest BCUT2D eigenvalue weighted by Gasteiger charge is -1.97. The molecular formula is C5H14N2O3. The first-order valence-electron chi connectivity index (χ1n) is 2.93. The van der Waals surface area contributed by atoms with Gasteiger partial charge in [-0.05, 0) is 6.42 Å². The van der Waals surface area contributed by atoms with Crippen LogP contribution in [-0.4, -0.2) is 22.5 Å². The molecule has 62 valence electrons. The van der Waals surface area contributed by atoms with Crippen molar-refractivity contribution in [3.63, 3.8) is 0 Å². The number of rotatable bonds is 2. The number of nitrogens with two attached hydrogens (primary N) is 2. The first kappa shape index (κ1) is 11.9. The van der Waals surface area contributed by atoms with E-state index in [1.165, 1.54) is 0 Å². The molecule has 0 heterocycles. The van der Waals surface area contributed by atoms with Gasteiger partial charge >= 0.3 is 6.16 Å². The maximum absolute atomic E-state index is 8.56. The predicted octanol–water partition coefficient (Wildman–Crippen LogP) is 0.252. The van der Waals surface area contributed by atoms with Crippen molar-refractivity contribution >= 4 is 6.16 Å². The number of hydrogen-bond donors (Lipinski definition) is 4. The highest BCUT2D eigenvalue weighted by atomic mass is 16.6. The van der Waals surface area contributed by atoms with Crippen molar-refractivity contribution in [2.75, 3.05) is 0 Å². The largest absolute Gasteiger partial charge is 0.503 e. The minimum Gasteiger partial charge on any atom is -0.450 e. The monoisotopic (exact) mass is 150 g/mol. The molecule has 0 unspecified atom stereocenters. The van der Waals surface area contributed by atoms with E-state index in [9.17, 15) is 0 Å². The Morgan fingerprint density at radius 1 is 1.50 bits per heavy atom. The lowest BCUT2D eigenvalue weighted by Crippen LogP contribution is -2.29. The van der Waals surface area contributed by atoms with Crippen molar-refractivity contribution in [1.82, 2.24) is 0 Å². The van der Waals surface area contributed by atoms with Gasteiger partial charge in [0.05, 0.1) is 6.17 Å². The topological polar surface area (TPSA) is 110 Å². The highest BCUT2D eigenvalue weighted by molar-refractivity contribution is 5.53. The van der Waals surface area contributed by atoms with Crippen molar-refractivity contribution in [3.8, 4) is 0 Å². The van der Waals surface area contributed by atoms with Gasteiger partial charge in [0, 0.05) is 0 Å². The second-order valence-electron chi connectivity index (χ2n) is 1.74. The zero-order valence-electron chi connectivity index (χ0n) is 5.95. The predicted molar refractivity (Wildman–Crippen MR) is 37.7 cm³/mol. The molecule has 0 spiro atoms. The summed E-state index contributed by atoms with van der Waals surface area (Å²) in [6, 6.07) is 0. The van der Waals surface area contributed by atoms with Crippen LogP contribution in [0.5, 0.6) is 0 Å². The second kappa shape index (κ2) is 8.19. The first-order chi connectivity index (χ1) is 4.50. The fourth-order valence-electron chi connectivity index (χ4n) is 0.333. The molecule has 0 atom stereocenters. The molecule has 0 aromatic carbocycles. The van der Waals surface area contributed by atoms with E-state index in [1.807, 2.05) is 0 Å². The van der Waals surface area contributed by atoms with Gasteiger partial charge in [0.1, 0.15) is 0 Å². The third kappa shape index (κ3) is 57.4. The van der Waals surface area contributed by atoms with Crippen LogP contribution in [0, 0.1) is 0 Å². The zero-order valence-corrected chi connectivity index (χ0v) is 5.95. The Morgan fingerprint density at radius 2 is 1.80 bits per heavy atom. The van der Waals surface area contributed by atoms with Crippen molar-refractivity contribution in [2.45, 2.75) is 25.9 Å². The molecule has 5 heteroatoms. The third-order valence-electron chi connectivity index (χ3n) is 0.622. The lowest BCUT2D eigenvalue weighted by molar-refractivity contribution is 0.137. The molecule has 10 heavy (non-hydrogen) atoms. The van der Waals surface area contributed by atoms with E-state index in [0.717, 1.165) is 12.8 Å². The van der Waals surface area contributed by atoms with E-state index < -0.39 is 6.16 Å². The maximum atomic E-state index is 8.56. The Bertz CT molecular complexity index is 81.0. The molecule has 0 aliphatic rings.